The Bertz CT molecular complexity index is 611. The zero-order valence-corrected chi connectivity index (χ0v) is 13.4. The van der Waals surface area contributed by atoms with E-state index in [1.165, 1.54) is 12.8 Å². The standard InChI is InChI=1S/C15H20N4O2S/c1-20-12-5-7-13(8-6-12)21-9-2-10-22-15-18-17-14(16)19(15)11-3-4-11/h5-8,11H,2-4,9-10H2,1H3,(H2,16,17). The molecule has 0 atom stereocenters. The number of rotatable bonds is 8. The maximum absolute atomic E-state index is 5.85. The number of nitrogens with zero attached hydrogens (tertiary/aromatic N) is 3. The summed E-state index contributed by atoms with van der Waals surface area (Å²) in [6.45, 7) is 0.673. The van der Waals surface area contributed by atoms with Gasteiger partial charge in [0.15, 0.2) is 5.16 Å². The van der Waals surface area contributed by atoms with Gasteiger partial charge in [0, 0.05) is 11.8 Å². The van der Waals surface area contributed by atoms with Gasteiger partial charge in [-0.2, -0.15) is 0 Å². The number of nitrogen functional groups attached to an aromatic ring is 1. The molecule has 1 fully saturated rings. The Labute approximate surface area is 134 Å². The van der Waals surface area contributed by atoms with Crippen LogP contribution in [0.1, 0.15) is 25.3 Å². The van der Waals surface area contributed by atoms with Crippen LogP contribution in [0.2, 0.25) is 0 Å². The van der Waals surface area contributed by atoms with Crippen LogP contribution in [-0.2, 0) is 0 Å². The molecule has 2 N–H and O–H groups in total. The summed E-state index contributed by atoms with van der Waals surface area (Å²) in [4.78, 5) is 0. The summed E-state index contributed by atoms with van der Waals surface area (Å²) in [5.74, 6) is 3.15. The van der Waals surface area contributed by atoms with Gasteiger partial charge in [-0.05, 0) is 43.5 Å². The van der Waals surface area contributed by atoms with Crippen molar-refractivity contribution in [3.63, 3.8) is 0 Å². The van der Waals surface area contributed by atoms with Gasteiger partial charge in [0.2, 0.25) is 5.95 Å². The van der Waals surface area contributed by atoms with Crippen molar-refractivity contribution < 1.29 is 9.47 Å². The number of benzene rings is 1. The molecule has 0 saturated heterocycles. The average Bonchev–Trinajstić information content (AvgIpc) is 3.31. The van der Waals surface area contributed by atoms with Crippen LogP contribution in [0.15, 0.2) is 29.4 Å². The van der Waals surface area contributed by atoms with Crippen LogP contribution in [0.4, 0.5) is 5.95 Å². The maximum Gasteiger partial charge on any atom is 0.222 e. The number of anilines is 1. The second-order valence-electron chi connectivity index (χ2n) is 5.17. The Balaban J connectivity index is 1.40. The molecule has 0 radical (unpaired) electrons. The van der Waals surface area contributed by atoms with E-state index in [2.05, 4.69) is 14.8 Å². The zero-order valence-electron chi connectivity index (χ0n) is 12.6. The third-order valence-electron chi connectivity index (χ3n) is 3.45. The molecule has 22 heavy (non-hydrogen) atoms. The van der Waals surface area contributed by atoms with Crippen molar-refractivity contribution >= 4 is 17.7 Å². The van der Waals surface area contributed by atoms with Gasteiger partial charge in [-0.15, -0.1) is 10.2 Å². The maximum atomic E-state index is 5.85. The second-order valence-corrected chi connectivity index (χ2v) is 6.23. The molecule has 1 saturated carbocycles. The van der Waals surface area contributed by atoms with Gasteiger partial charge in [-0.1, -0.05) is 11.8 Å². The van der Waals surface area contributed by atoms with Crippen LogP contribution >= 0.6 is 11.8 Å². The fraction of sp³-hybridized carbons (Fsp3) is 0.467. The molecule has 1 aliphatic rings. The molecule has 0 aliphatic heterocycles. The number of ether oxygens (including phenoxy) is 2. The topological polar surface area (TPSA) is 75.2 Å². The first-order valence-corrected chi connectivity index (χ1v) is 8.36. The molecular weight excluding hydrogens is 300 g/mol. The van der Waals surface area contributed by atoms with E-state index >= 15 is 0 Å². The van der Waals surface area contributed by atoms with Crippen molar-refractivity contribution in [2.75, 3.05) is 25.2 Å². The lowest BCUT2D eigenvalue weighted by Crippen LogP contribution is -2.03. The van der Waals surface area contributed by atoms with Crippen molar-refractivity contribution in [2.45, 2.75) is 30.5 Å². The number of aromatic nitrogens is 3. The fourth-order valence-corrected chi connectivity index (χ4v) is 3.07. The van der Waals surface area contributed by atoms with Gasteiger partial charge in [0.25, 0.3) is 0 Å². The molecule has 1 aromatic carbocycles. The van der Waals surface area contributed by atoms with Crippen molar-refractivity contribution in [3.05, 3.63) is 24.3 Å². The van der Waals surface area contributed by atoms with Crippen LogP contribution in [0.5, 0.6) is 11.5 Å². The van der Waals surface area contributed by atoms with Gasteiger partial charge in [-0.3, -0.25) is 4.57 Å². The molecular formula is C15H20N4O2S. The zero-order chi connectivity index (χ0) is 15.4. The Kier molecular flexibility index (Phi) is 4.72. The molecule has 2 aromatic rings. The first-order valence-electron chi connectivity index (χ1n) is 7.38. The summed E-state index contributed by atoms with van der Waals surface area (Å²) in [6, 6.07) is 8.12. The van der Waals surface area contributed by atoms with Crippen LogP contribution in [0.3, 0.4) is 0 Å². The second kappa shape index (κ2) is 6.91. The quantitative estimate of drug-likeness (QED) is 0.595. The van der Waals surface area contributed by atoms with Gasteiger partial charge in [-0.25, -0.2) is 0 Å². The molecule has 1 heterocycles. The first kappa shape index (κ1) is 15.0. The fourth-order valence-electron chi connectivity index (χ4n) is 2.15. The molecule has 7 heteroatoms. The normalized spacial score (nSPS) is 14.0. The van der Waals surface area contributed by atoms with E-state index < -0.39 is 0 Å². The van der Waals surface area contributed by atoms with E-state index in [0.717, 1.165) is 28.8 Å². The van der Waals surface area contributed by atoms with Gasteiger partial charge >= 0.3 is 0 Å². The van der Waals surface area contributed by atoms with Crippen molar-refractivity contribution in [3.8, 4) is 11.5 Å². The van der Waals surface area contributed by atoms with E-state index in [0.29, 0.717) is 18.6 Å². The Morgan fingerprint density at radius 3 is 2.64 bits per heavy atom. The summed E-state index contributed by atoms with van der Waals surface area (Å²) >= 11 is 1.69. The van der Waals surface area contributed by atoms with Crippen molar-refractivity contribution in [1.29, 1.82) is 0 Å². The van der Waals surface area contributed by atoms with Crippen molar-refractivity contribution in [2.24, 2.45) is 0 Å². The highest BCUT2D eigenvalue weighted by atomic mass is 32.2. The number of hydrogen-bond donors (Lipinski definition) is 1. The monoisotopic (exact) mass is 320 g/mol. The highest BCUT2D eigenvalue weighted by Gasteiger charge is 2.28. The number of thioether (sulfide) groups is 1. The van der Waals surface area contributed by atoms with Gasteiger partial charge in [0.05, 0.1) is 13.7 Å². The Hall–Kier alpha value is -1.89. The summed E-state index contributed by atoms with van der Waals surface area (Å²) in [7, 11) is 1.65. The summed E-state index contributed by atoms with van der Waals surface area (Å²) in [6.07, 6.45) is 3.29. The molecule has 1 aliphatic carbocycles. The summed E-state index contributed by atoms with van der Waals surface area (Å²) in [5.41, 5.74) is 5.85. The summed E-state index contributed by atoms with van der Waals surface area (Å²) in [5, 5.41) is 9.04. The third-order valence-corrected chi connectivity index (χ3v) is 4.48. The van der Waals surface area contributed by atoms with E-state index in [9.17, 15) is 0 Å². The first-order chi connectivity index (χ1) is 10.8. The van der Waals surface area contributed by atoms with E-state index in [4.69, 9.17) is 15.2 Å². The lowest BCUT2D eigenvalue weighted by atomic mass is 10.3. The molecule has 1 aromatic heterocycles. The minimum atomic E-state index is 0.507. The highest BCUT2D eigenvalue weighted by Crippen LogP contribution is 2.39. The van der Waals surface area contributed by atoms with Crippen molar-refractivity contribution in [1.82, 2.24) is 14.8 Å². The predicted octanol–water partition coefficient (Wildman–Crippen LogP) is 2.77. The molecule has 0 spiro atoms. The SMILES string of the molecule is COc1ccc(OCCCSc2nnc(N)n2C2CC2)cc1. The molecule has 118 valence electrons. The summed E-state index contributed by atoms with van der Waals surface area (Å²) < 4.78 is 12.9. The average molecular weight is 320 g/mol. The minimum absolute atomic E-state index is 0.507. The number of nitrogens with two attached hydrogens (primary N) is 1. The highest BCUT2D eigenvalue weighted by molar-refractivity contribution is 7.99. The Morgan fingerprint density at radius 2 is 1.95 bits per heavy atom. The predicted molar refractivity (Wildman–Crippen MR) is 86.5 cm³/mol. The van der Waals surface area contributed by atoms with Crippen LogP contribution in [0, 0.1) is 0 Å². The van der Waals surface area contributed by atoms with Gasteiger partial charge in [0.1, 0.15) is 11.5 Å². The molecule has 0 bridgehead atoms. The molecule has 3 rings (SSSR count). The van der Waals surface area contributed by atoms with Crippen LogP contribution in [-0.4, -0.2) is 34.2 Å². The number of hydrogen-bond acceptors (Lipinski definition) is 6. The molecule has 0 amide bonds. The number of methoxy groups -OCH3 is 1. The third kappa shape index (κ3) is 3.65. The van der Waals surface area contributed by atoms with Crippen LogP contribution < -0.4 is 15.2 Å². The minimum Gasteiger partial charge on any atom is -0.497 e. The van der Waals surface area contributed by atoms with E-state index in [1.54, 1.807) is 18.9 Å². The smallest absolute Gasteiger partial charge is 0.222 e. The van der Waals surface area contributed by atoms with Crippen LogP contribution in [0.25, 0.3) is 0 Å². The lowest BCUT2D eigenvalue weighted by molar-refractivity contribution is 0.318. The lowest BCUT2D eigenvalue weighted by Gasteiger charge is -2.08. The molecule has 6 nitrogen and oxygen atoms in total. The molecule has 0 unspecified atom stereocenters. The Morgan fingerprint density at radius 1 is 1.23 bits per heavy atom. The van der Waals surface area contributed by atoms with Gasteiger partial charge < -0.3 is 15.2 Å². The van der Waals surface area contributed by atoms with E-state index in [-0.39, 0.29) is 0 Å². The largest absolute Gasteiger partial charge is 0.497 e. The van der Waals surface area contributed by atoms with E-state index in [1.807, 2.05) is 24.3 Å².